The van der Waals surface area contributed by atoms with Crippen LogP contribution in [0.2, 0.25) is 0 Å². The zero-order valence-corrected chi connectivity index (χ0v) is 20.2. The lowest BCUT2D eigenvalue weighted by molar-refractivity contribution is -0.143. The van der Waals surface area contributed by atoms with Crippen LogP contribution in [0.3, 0.4) is 0 Å². The standard InChI is InChI=1S/C23H25N5O6S/c1-4-33-16(29)11-26-22(31)19(15-10-7-13(3)34-15)28(14-8-5-12(2)6-9-14)23(32)20-17(24)18(21(25)30)27-35-20/h5-10,19H,4,11,24H2,1-3H3,(H2,25,30)(H,26,31). The van der Waals surface area contributed by atoms with Crippen LogP contribution < -0.4 is 21.7 Å². The van der Waals surface area contributed by atoms with Crippen molar-refractivity contribution in [3.63, 3.8) is 0 Å². The van der Waals surface area contributed by atoms with Crippen molar-refractivity contribution >= 4 is 46.6 Å². The molecule has 0 aliphatic rings. The number of aryl methyl sites for hydroxylation is 2. The van der Waals surface area contributed by atoms with E-state index in [9.17, 15) is 19.2 Å². The van der Waals surface area contributed by atoms with Gasteiger partial charge in [-0.3, -0.25) is 24.1 Å². The van der Waals surface area contributed by atoms with Crippen molar-refractivity contribution in [1.82, 2.24) is 9.69 Å². The summed E-state index contributed by atoms with van der Waals surface area (Å²) in [5.74, 6) is -2.27. The number of furan rings is 1. The monoisotopic (exact) mass is 499 g/mol. The summed E-state index contributed by atoms with van der Waals surface area (Å²) in [6, 6.07) is 8.71. The number of amides is 3. The molecule has 0 aliphatic carbocycles. The lowest BCUT2D eigenvalue weighted by Crippen LogP contribution is -2.45. The van der Waals surface area contributed by atoms with Crippen molar-refractivity contribution in [1.29, 1.82) is 0 Å². The molecule has 3 aromatic rings. The SMILES string of the molecule is CCOC(=O)CNC(=O)C(c1ccc(C)o1)N(C(=O)c1snc(C(N)=O)c1N)c1ccc(C)cc1. The summed E-state index contributed by atoms with van der Waals surface area (Å²) in [6.07, 6.45) is 0. The summed E-state index contributed by atoms with van der Waals surface area (Å²) < 4.78 is 14.5. The molecule has 1 unspecified atom stereocenters. The summed E-state index contributed by atoms with van der Waals surface area (Å²) in [4.78, 5) is 51.8. The molecular formula is C23H25N5O6S. The summed E-state index contributed by atoms with van der Waals surface area (Å²) in [5, 5.41) is 2.50. The number of rotatable bonds is 9. The molecule has 35 heavy (non-hydrogen) atoms. The zero-order valence-electron chi connectivity index (χ0n) is 19.4. The molecule has 0 bridgehead atoms. The minimum absolute atomic E-state index is 0.0779. The van der Waals surface area contributed by atoms with Gasteiger partial charge in [0.2, 0.25) is 0 Å². The van der Waals surface area contributed by atoms with Gasteiger partial charge in [0.25, 0.3) is 17.7 Å². The number of carbonyl (C=O) groups is 4. The molecule has 5 N–H and O–H groups in total. The number of benzene rings is 1. The van der Waals surface area contributed by atoms with Crippen molar-refractivity contribution < 1.29 is 28.3 Å². The molecule has 1 atom stereocenters. The van der Waals surface area contributed by atoms with Crippen LogP contribution in [0, 0.1) is 13.8 Å². The van der Waals surface area contributed by atoms with Gasteiger partial charge in [0.15, 0.2) is 11.7 Å². The Morgan fingerprint density at radius 1 is 1.14 bits per heavy atom. The molecule has 0 saturated heterocycles. The second kappa shape index (κ2) is 10.8. The first-order valence-electron chi connectivity index (χ1n) is 10.6. The Morgan fingerprint density at radius 3 is 2.37 bits per heavy atom. The molecule has 3 rings (SSSR count). The van der Waals surface area contributed by atoms with Gasteiger partial charge in [0, 0.05) is 5.69 Å². The van der Waals surface area contributed by atoms with E-state index >= 15 is 0 Å². The van der Waals surface area contributed by atoms with Crippen molar-refractivity contribution in [3.8, 4) is 0 Å². The largest absolute Gasteiger partial charge is 0.465 e. The lowest BCUT2D eigenvalue weighted by atomic mass is 10.1. The maximum Gasteiger partial charge on any atom is 0.325 e. The van der Waals surface area contributed by atoms with Crippen molar-refractivity contribution in [2.75, 3.05) is 23.8 Å². The van der Waals surface area contributed by atoms with Crippen LogP contribution >= 0.6 is 11.5 Å². The second-order valence-corrected chi connectivity index (χ2v) is 8.30. The van der Waals surface area contributed by atoms with E-state index in [0.717, 1.165) is 5.56 Å². The van der Waals surface area contributed by atoms with Gasteiger partial charge in [-0.05, 0) is 56.6 Å². The number of nitrogen functional groups attached to an aromatic ring is 1. The average molecular weight is 500 g/mol. The van der Waals surface area contributed by atoms with Crippen molar-refractivity contribution in [2.45, 2.75) is 26.8 Å². The molecule has 3 amide bonds. The molecule has 1 aromatic carbocycles. The number of carbonyl (C=O) groups excluding carboxylic acids is 4. The van der Waals surface area contributed by atoms with Crippen molar-refractivity contribution in [3.05, 3.63) is 64.1 Å². The number of nitrogens with zero attached hydrogens (tertiary/aromatic N) is 2. The van der Waals surface area contributed by atoms with Crippen molar-refractivity contribution in [2.24, 2.45) is 5.73 Å². The van der Waals surface area contributed by atoms with Gasteiger partial charge in [-0.1, -0.05) is 17.7 Å². The van der Waals surface area contributed by atoms with Gasteiger partial charge in [-0.15, -0.1) is 0 Å². The molecule has 12 heteroatoms. The van der Waals surface area contributed by atoms with Crippen LogP contribution in [0.5, 0.6) is 0 Å². The maximum absolute atomic E-state index is 13.8. The second-order valence-electron chi connectivity index (χ2n) is 7.52. The van der Waals surface area contributed by atoms with Crippen LogP contribution in [-0.2, 0) is 14.3 Å². The van der Waals surface area contributed by atoms with E-state index in [-0.39, 0.29) is 28.6 Å². The number of esters is 1. The topological polar surface area (TPSA) is 171 Å². The van der Waals surface area contributed by atoms with Gasteiger partial charge in [-0.25, -0.2) is 0 Å². The number of hydrogen-bond donors (Lipinski definition) is 3. The third-order valence-electron chi connectivity index (χ3n) is 4.94. The van der Waals surface area contributed by atoms with Gasteiger partial charge in [0.1, 0.15) is 22.9 Å². The predicted molar refractivity (Wildman–Crippen MR) is 129 cm³/mol. The summed E-state index contributed by atoms with van der Waals surface area (Å²) in [7, 11) is 0. The fraction of sp³-hybridized carbons (Fsp3) is 0.261. The molecular weight excluding hydrogens is 474 g/mol. The Hall–Kier alpha value is -4.19. The number of nitrogens with two attached hydrogens (primary N) is 2. The Bertz CT molecular complexity index is 1250. The molecule has 184 valence electrons. The Kier molecular flexibility index (Phi) is 7.87. The minimum atomic E-state index is -1.33. The lowest BCUT2D eigenvalue weighted by Gasteiger charge is -2.29. The molecule has 0 radical (unpaired) electrons. The van der Waals surface area contributed by atoms with E-state index in [0.29, 0.717) is 23.0 Å². The maximum atomic E-state index is 13.8. The van der Waals surface area contributed by atoms with Crippen LogP contribution in [0.15, 0.2) is 40.8 Å². The molecule has 0 fully saturated rings. The van der Waals surface area contributed by atoms with E-state index in [1.807, 2.05) is 6.92 Å². The van der Waals surface area contributed by atoms with Gasteiger partial charge in [0.05, 0.1) is 12.3 Å². The summed E-state index contributed by atoms with van der Waals surface area (Å²) >= 11 is 0.690. The first kappa shape index (κ1) is 25.4. The molecule has 11 nitrogen and oxygen atoms in total. The Labute approximate surface area is 205 Å². The van der Waals surface area contributed by atoms with Gasteiger partial charge >= 0.3 is 5.97 Å². The first-order chi connectivity index (χ1) is 16.6. The summed E-state index contributed by atoms with van der Waals surface area (Å²) in [5.41, 5.74) is 12.2. The molecule has 2 aromatic heterocycles. The van der Waals surface area contributed by atoms with E-state index in [1.165, 1.54) is 4.90 Å². The number of aromatic nitrogens is 1. The highest BCUT2D eigenvalue weighted by Gasteiger charge is 2.38. The van der Waals surface area contributed by atoms with Crippen LogP contribution in [0.25, 0.3) is 0 Å². The number of anilines is 2. The number of ether oxygens (including phenoxy) is 1. The zero-order chi connectivity index (χ0) is 25.7. The highest BCUT2D eigenvalue weighted by atomic mass is 32.1. The third-order valence-corrected chi connectivity index (χ3v) is 5.79. The quantitative estimate of drug-likeness (QED) is 0.376. The minimum Gasteiger partial charge on any atom is -0.465 e. The van der Waals surface area contributed by atoms with Gasteiger partial charge in [-0.2, -0.15) is 4.37 Å². The van der Waals surface area contributed by atoms with E-state index in [1.54, 1.807) is 50.2 Å². The fourth-order valence-electron chi connectivity index (χ4n) is 3.27. The summed E-state index contributed by atoms with van der Waals surface area (Å²) in [6.45, 7) is 4.94. The van der Waals surface area contributed by atoms with Gasteiger partial charge < -0.3 is 25.9 Å². The van der Waals surface area contributed by atoms with E-state index in [4.69, 9.17) is 20.6 Å². The van der Waals surface area contributed by atoms with Crippen LogP contribution in [0.1, 0.15) is 50.2 Å². The smallest absolute Gasteiger partial charge is 0.325 e. The van der Waals surface area contributed by atoms with E-state index < -0.39 is 36.3 Å². The Balaban J connectivity index is 2.12. The number of hydrogen-bond acceptors (Lipinski definition) is 9. The highest BCUT2D eigenvalue weighted by molar-refractivity contribution is 7.09. The third kappa shape index (κ3) is 5.66. The first-order valence-corrected chi connectivity index (χ1v) is 11.4. The molecule has 0 spiro atoms. The molecule has 0 aliphatic heterocycles. The van der Waals surface area contributed by atoms with E-state index in [2.05, 4.69) is 9.69 Å². The number of nitrogens with one attached hydrogen (secondary N) is 1. The van der Waals surface area contributed by atoms with Crippen LogP contribution in [-0.4, -0.2) is 41.2 Å². The molecule has 0 saturated carbocycles. The number of primary amides is 1. The van der Waals surface area contributed by atoms with Crippen LogP contribution in [0.4, 0.5) is 11.4 Å². The average Bonchev–Trinajstić information content (AvgIpc) is 3.41. The molecule has 2 heterocycles. The highest BCUT2D eigenvalue weighted by Crippen LogP contribution is 2.33. The predicted octanol–water partition coefficient (Wildman–Crippen LogP) is 2.10. The fourth-order valence-corrected chi connectivity index (χ4v) is 4.01. The Morgan fingerprint density at radius 2 is 1.83 bits per heavy atom. The normalized spacial score (nSPS) is 11.5.